The smallest absolute Gasteiger partial charge is 0.124 e. The van der Waals surface area contributed by atoms with E-state index in [9.17, 15) is 0 Å². The van der Waals surface area contributed by atoms with E-state index >= 15 is 0 Å². The van der Waals surface area contributed by atoms with Crippen molar-refractivity contribution in [1.29, 1.82) is 0 Å². The molecule has 1 N–H and O–H groups in total. The summed E-state index contributed by atoms with van der Waals surface area (Å²) in [5, 5.41) is 11.1. The first-order valence-corrected chi connectivity index (χ1v) is 8.89. The summed E-state index contributed by atoms with van der Waals surface area (Å²) in [5.74, 6) is 0. The first kappa shape index (κ1) is 14.2. The van der Waals surface area contributed by atoms with Crippen molar-refractivity contribution in [3.8, 4) is 10.6 Å². The Morgan fingerprint density at radius 2 is 2.15 bits per heavy atom. The van der Waals surface area contributed by atoms with Gasteiger partial charge in [0.25, 0.3) is 0 Å². The van der Waals surface area contributed by atoms with Gasteiger partial charge in [0.2, 0.25) is 0 Å². The number of nitrogens with one attached hydrogen (secondary N) is 1. The molecule has 0 saturated carbocycles. The molecule has 1 fully saturated rings. The lowest BCUT2D eigenvalue weighted by Gasteiger charge is -2.39. The van der Waals surface area contributed by atoms with E-state index in [4.69, 9.17) is 4.98 Å². The molecule has 0 atom stereocenters. The lowest BCUT2D eigenvalue weighted by molar-refractivity contribution is 0.145. The van der Waals surface area contributed by atoms with Gasteiger partial charge in [0.05, 0.1) is 5.69 Å². The Labute approximate surface area is 128 Å². The van der Waals surface area contributed by atoms with Gasteiger partial charge in [0, 0.05) is 41.5 Å². The Bertz CT molecular complexity index is 539. The van der Waals surface area contributed by atoms with Crippen molar-refractivity contribution in [2.75, 3.05) is 20.1 Å². The summed E-state index contributed by atoms with van der Waals surface area (Å²) >= 11 is 3.49. The molecule has 3 rings (SSSR count). The topological polar surface area (TPSA) is 28.2 Å². The fourth-order valence-electron chi connectivity index (χ4n) is 2.58. The maximum atomic E-state index is 4.77. The minimum Gasteiger partial charge on any atom is -0.314 e. The molecular weight excluding hydrogens is 286 g/mol. The first-order valence-electron chi connectivity index (χ1n) is 7.07. The minimum absolute atomic E-state index is 0.320. The second-order valence-electron chi connectivity index (χ2n) is 5.74. The van der Waals surface area contributed by atoms with Crippen LogP contribution in [0.2, 0.25) is 0 Å². The molecule has 0 amide bonds. The summed E-state index contributed by atoms with van der Waals surface area (Å²) < 4.78 is 0. The van der Waals surface area contributed by atoms with Crippen molar-refractivity contribution >= 4 is 22.7 Å². The molecule has 0 bridgehead atoms. The number of hydrogen-bond donors (Lipinski definition) is 1. The molecule has 20 heavy (non-hydrogen) atoms. The van der Waals surface area contributed by atoms with Gasteiger partial charge >= 0.3 is 0 Å². The van der Waals surface area contributed by atoms with Gasteiger partial charge in [-0.3, -0.25) is 4.90 Å². The highest BCUT2D eigenvalue weighted by Gasteiger charge is 2.28. The Morgan fingerprint density at radius 1 is 1.35 bits per heavy atom. The summed E-state index contributed by atoms with van der Waals surface area (Å²) in [5.41, 5.74) is 2.79. The van der Waals surface area contributed by atoms with Gasteiger partial charge in [0.1, 0.15) is 5.01 Å². The number of thiazole rings is 1. The monoisotopic (exact) mass is 307 g/mol. The molecule has 0 aromatic carbocycles. The summed E-state index contributed by atoms with van der Waals surface area (Å²) in [6, 6.07) is 2.15. The van der Waals surface area contributed by atoms with Gasteiger partial charge in [-0.2, -0.15) is 11.3 Å². The van der Waals surface area contributed by atoms with Crippen molar-refractivity contribution in [3.05, 3.63) is 27.9 Å². The van der Waals surface area contributed by atoms with E-state index in [1.807, 2.05) is 0 Å². The lowest BCUT2D eigenvalue weighted by Crippen LogP contribution is -2.49. The second kappa shape index (κ2) is 5.93. The van der Waals surface area contributed by atoms with Crippen molar-refractivity contribution in [1.82, 2.24) is 15.2 Å². The van der Waals surface area contributed by atoms with Crippen LogP contribution in [0.15, 0.2) is 22.2 Å². The number of nitrogens with zero attached hydrogens (tertiary/aromatic N) is 2. The van der Waals surface area contributed by atoms with E-state index in [0.29, 0.717) is 5.54 Å². The Kier molecular flexibility index (Phi) is 4.21. The summed E-state index contributed by atoms with van der Waals surface area (Å²) in [7, 11) is 2.07. The Hall–Kier alpha value is -0.750. The summed E-state index contributed by atoms with van der Waals surface area (Å²) in [6.45, 7) is 5.62. The molecule has 0 spiro atoms. The molecular formula is C15H21N3S2. The van der Waals surface area contributed by atoms with Crippen LogP contribution in [-0.2, 0) is 6.54 Å². The second-order valence-corrected chi connectivity index (χ2v) is 7.38. The molecule has 2 aromatic heterocycles. The van der Waals surface area contributed by atoms with Crippen LogP contribution in [0, 0.1) is 0 Å². The van der Waals surface area contributed by atoms with E-state index in [1.165, 1.54) is 24.1 Å². The van der Waals surface area contributed by atoms with Gasteiger partial charge in [-0.15, -0.1) is 11.3 Å². The molecule has 108 valence electrons. The molecule has 2 aromatic rings. The molecule has 3 nitrogen and oxygen atoms in total. The van der Waals surface area contributed by atoms with Crippen molar-refractivity contribution < 1.29 is 0 Å². The molecule has 1 saturated heterocycles. The minimum atomic E-state index is 0.320. The van der Waals surface area contributed by atoms with Gasteiger partial charge < -0.3 is 5.32 Å². The van der Waals surface area contributed by atoms with Crippen LogP contribution in [0.25, 0.3) is 10.6 Å². The third kappa shape index (κ3) is 3.11. The lowest BCUT2D eigenvalue weighted by atomic mass is 9.90. The predicted molar refractivity (Wildman–Crippen MR) is 87.4 cm³/mol. The number of aromatic nitrogens is 1. The van der Waals surface area contributed by atoms with Gasteiger partial charge in [0.15, 0.2) is 0 Å². The zero-order valence-electron chi connectivity index (χ0n) is 12.1. The zero-order chi connectivity index (χ0) is 14.0. The normalized spacial score (nSPS) is 19.3. The van der Waals surface area contributed by atoms with Crippen LogP contribution in [0.3, 0.4) is 0 Å². The average Bonchev–Trinajstić information content (AvgIpc) is 3.12. The quantitative estimate of drug-likeness (QED) is 0.938. The zero-order valence-corrected chi connectivity index (χ0v) is 13.7. The van der Waals surface area contributed by atoms with Crippen LogP contribution in [0.1, 0.15) is 25.5 Å². The van der Waals surface area contributed by atoms with Crippen LogP contribution in [-0.4, -0.2) is 35.6 Å². The summed E-state index contributed by atoms with van der Waals surface area (Å²) in [6.07, 6.45) is 2.43. The first-order chi connectivity index (χ1) is 9.68. The van der Waals surface area contributed by atoms with E-state index in [2.05, 4.69) is 46.4 Å². The fourth-order valence-corrected chi connectivity index (χ4v) is 4.11. The highest BCUT2D eigenvalue weighted by molar-refractivity contribution is 7.14. The maximum Gasteiger partial charge on any atom is 0.124 e. The van der Waals surface area contributed by atoms with E-state index in [1.54, 1.807) is 22.7 Å². The molecule has 5 heteroatoms. The van der Waals surface area contributed by atoms with Crippen LogP contribution >= 0.6 is 22.7 Å². The van der Waals surface area contributed by atoms with Gasteiger partial charge in [-0.1, -0.05) is 0 Å². The van der Waals surface area contributed by atoms with Crippen LogP contribution in [0.4, 0.5) is 0 Å². The van der Waals surface area contributed by atoms with Crippen LogP contribution in [0.5, 0.6) is 0 Å². The summed E-state index contributed by atoms with van der Waals surface area (Å²) in [4.78, 5) is 7.29. The van der Waals surface area contributed by atoms with E-state index < -0.39 is 0 Å². The van der Waals surface area contributed by atoms with E-state index in [0.717, 1.165) is 24.6 Å². The number of thiophene rings is 1. The van der Waals surface area contributed by atoms with Gasteiger partial charge in [-0.05, 0) is 38.3 Å². The molecule has 0 unspecified atom stereocenters. The van der Waals surface area contributed by atoms with Crippen molar-refractivity contribution in [2.45, 2.75) is 31.8 Å². The highest BCUT2D eigenvalue weighted by Crippen LogP contribution is 2.27. The SMILES string of the molecule is CNC1(C)CCN(Cc2csc(-c3ccsc3)n2)CC1. The Balaban J connectivity index is 1.59. The van der Waals surface area contributed by atoms with Crippen molar-refractivity contribution in [2.24, 2.45) is 0 Å². The predicted octanol–water partition coefficient (Wildman–Crippen LogP) is 3.45. The van der Waals surface area contributed by atoms with Crippen molar-refractivity contribution in [3.63, 3.8) is 0 Å². The number of piperidine rings is 1. The largest absolute Gasteiger partial charge is 0.314 e. The maximum absolute atomic E-state index is 4.77. The van der Waals surface area contributed by atoms with Crippen LogP contribution < -0.4 is 5.32 Å². The Morgan fingerprint density at radius 3 is 2.80 bits per heavy atom. The average molecular weight is 307 g/mol. The highest BCUT2D eigenvalue weighted by atomic mass is 32.1. The third-order valence-corrected chi connectivity index (χ3v) is 5.89. The standard InChI is InChI=1S/C15H21N3S2/c1-15(16-2)4-6-18(7-5-15)9-13-11-20-14(17-13)12-3-8-19-10-12/h3,8,10-11,16H,4-7,9H2,1-2H3. The van der Waals surface area contributed by atoms with E-state index in [-0.39, 0.29) is 0 Å². The van der Waals surface area contributed by atoms with Gasteiger partial charge in [-0.25, -0.2) is 4.98 Å². The number of likely N-dealkylation sites (tertiary alicyclic amines) is 1. The molecule has 1 aliphatic heterocycles. The third-order valence-electron chi connectivity index (χ3n) is 4.27. The molecule has 3 heterocycles. The molecule has 0 radical (unpaired) electrons. The number of rotatable bonds is 4. The fraction of sp³-hybridized carbons (Fsp3) is 0.533. The number of hydrogen-bond acceptors (Lipinski definition) is 5. The molecule has 0 aliphatic carbocycles. The molecule has 1 aliphatic rings.